The lowest BCUT2D eigenvalue weighted by atomic mass is 9.79. The zero-order chi connectivity index (χ0) is 14.3. The predicted octanol–water partition coefficient (Wildman–Crippen LogP) is 2.58. The van der Waals surface area contributed by atoms with E-state index in [9.17, 15) is 13.6 Å². The Balaban J connectivity index is 1.88. The number of carbonyl (C=O) groups excluding carboxylic acids is 1. The normalized spacial score (nSPS) is 24.9. The third kappa shape index (κ3) is 2.20. The van der Waals surface area contributed by atoms with Crippen molar-refractivity contribution in [2.24, 2.45) is 5.92 Å². The van der Waals surface area contributed by atoms with E-state index in [1.54, 1.807) is 4.90 Å². The van der Waals surface area contributed by atoms with Crippen molar-refractivity contribution in [3.05, 3.63) is 35.4 Å². The molecule has 5 heteroatoms. The molecule has 1 heterocycles. The van der Waals surface area contributed by atoms with Crippen LogP contribution in [0.15, 0.2) is 18.2 Å². The lowest BCUT2D eigenvalue weighted by molar-refractivity contribution is -0.131. The summed E-state index contributed by atoms with van der Waals surface area (Å²) in [6, 6.07) is 3.60. The molecule has 1 aliphatic heterocycles. The van der Waals surface area contributed by atoms with Crippen molar-refractivity contribution >= 4 is 5.91 Å². The van der Waals surface area contributed by atoms with Gasteiger partial charge in [0.1, 0.15) is 17.8 Å². The monoisotopic (exact) mass is 280 g/mol. The molecule has 2 atom stereocenters. The summed E-state index contributed by atoms with van der Waals surface area (Å²) in [5, 5.41) is 3.03. The predicted molar refractivity (Wildman–Crippen MR) is 70.8 cm³/mol. The molecular formula is C15H18F2N2O. The maximum atomic E-state index is 13.9. The van der Waals surface area contributed by atoms with Gasteiger partial charge in [-0.05, 0) is 37.8 Å². The van der Waals surface area contributed by atoms with E-state index in [2.05, 4.69) is 5.32 Å². The zero-order valence-corrected chi connectivity index (χ0v) is 11.4. The van der Waals surface area contributed by atoms with Crippen LogP contribution in [-0.4, -0.2) is 23.4 Å². The third-order valence-corrected chi connectivity index (χ3v) is 4.54. The summed E-state index contributed by atoms with van der Waals surface area (Å²) in [5.41, 5.74) is 0.337. The third-order valence-electron chi connectivity index (χ3n) is 4.54. The van der Waals surface area contributed by atoms with Crippen molar-refractivity contribution < 1.29 is 13.6 Å². The average Bonchev–Trinajstić information content (AvgIpc) is 2.68. The molecule has 0 bridgehead atoms. The summed E-state index contributed by atoms with van der Waals surface area (Å²) < 4.78 is 27.0. The Morgan fingerprint density at radius 2 is 2.10 bits per heavy atom. The number of halogens is 2. The smallest absolute Gasteiger partial charge is 0.238 e. The first-order chi connectivity index (χ1) is 9.58. The van der Waals surface area contributed by atoms with Crippen molar-refractivity contribution in [1.29, 1.82) is 0 Å². The van der Waals surface area contributed by atoms with E-state index in [0.717, 1.165) is 18.9 Å². The van der Waals surface area contributed by atoms with Gasteiger partial charge >= 0.3 is 0 Å². The summed E-state index contributed by atoms with van der Waals surface area (Å²) in [6.07, 6.45) is 2.94. The highest BCUT2D eigenvalue weighted by Gasteiger charge is 2.40. The molecule has 3 rings (SSSR count). The van der Waals surface area contributed by atoms with Crippen molar-refractivity contribution in [2.45, 2.75) is 38.4 Å². The molecule has 108 valence electrons. The molecule has 1 N–H and O–H groups in total. The topological polar surface area (TPSA) is 32.3 Å². The van der Waals surface area contributed by atoms with E-state index in [0.29, 0.717) is 11.5 Å². The van der Waals surface area contributed by atoms with Crippen LogP contribution in [0, 0.1) is 17.6 Å². The van der Waals surface area contributed by atoms with E-state index in [4.69, 9.17) is 0 Å². The summed E-state index contributed by atoms with van der Waals surface area (Å²) in [7, 11) is 0. The molecule has 2 aliphatic rings. The van der Waals surface area contributed by atoms with Crippen molar-refractivity contribution in [3.8, 4) is 0 Å². The minimum atomic E-state index is -0.608. The second-order valence-corrected chi connectivity index (χ2v) is 5.68. The van der Waals surface area contributed by atoms with Crippen LogP contribution in [0.4, 0.5) is 8.78 Å². The highest BCUT2D eigenvalue weighted by Crippen LogP contribution is 2.36. The maximum absolute atomic E-state index is 13.9. The first-order valence-electron chi connectivity index (χ1n) is 7.07. The zero-order valence-electron chi connectivity index (χ0n) is 11.4. The molecule has 1 aliphatic carbocycles. The van der Waals surface area contributed by atoms with Gasteiger partial charge in [-0.15, -0.1) is 0 Å². The minimum Gasteiger partial charge on any atom is -0.319 e. The Kier molecular flexibility index (Phi) is 3.46. The second kappa shape index (κ2) is 5.13. The maximum Gasteiger partial charge on any atom is 0.238 e. The Labute approximate surface area is 117 Å². The van der Waals surface area contributed by atoms with Crippen LogP contribution in [0.25, 0.3) is 0 Å². The van der Waals surface area contributed by atoms with Gasteiger partial charge in [0, 0.05) is 17.7 Å². The SMILES string of the molecule is CC(C1CCC1)N1C(=O)CNC1c1ccc(F)cc1F. The van der Waals surface area contributed by atoms with Gasteiger partial charge in [0.15, 0.2) is 0 Å². The first-order valence-corrected chi connectivity index (χ1v) is 7.07. The molecule has 1 saturated heterocycles. The number of benzene rings is 1. The molecule has 1 aromatic rings. The fourth-order valence-corrected chi connectivity index (χ4v) is 3.11. The van der Waals surface area contributed by atoms with Gasteiger partial charge < -0.3 is 4.90 Å². The Bertz CT molecular complexity index is 531. The van der Waals surface area contributed by atoms with Crippen molar-refractivity contribution in [3.63, 3.8) is 0 Å². The van der Waals surface area contributed by atoms with E-state index in [-0.39, 0.29) is 18.5 Å². The van der Waals surface area contributed by atoms with Crippen LogP contribution in [0.2, 0.25) is 0 Å². The largest absolute Gasteiger partial charge is 0.319 e. The number of rotatable bonds is 3. The van der Waals surface area contributed by atoms with E-state index in [1.165, 1.54) is 18.6 Å². The van der Waals surface area contributed by atoms with Crippen LogP contribution in [0.5, 0.6) is 0 Å². The molecule has 1 aromatic carbocycles. The Hall–Kier alpha value is -1.49. The number of carbonyl (C=O) groups is 1. The van der Waals surface area contributed by atoms with E-state index < -0.39 is 17.8 Å². The number of nitrogens with one attached hydrogen (secondary N) is 1. The van der Waals surface area contributed by atoms with Crippen LogP contribution in [0.3, 0.4) is 0 Å². The molecule has 2 fully saturated rings. The second-order valence-electron chi connectivity index (χ2n) is 5.68. The molecule has 1 amide bonds. The van der Waals surface area contributed by atoms with Gasteiger partial charge in [-0.1, -0.05) is 6.42 Å². The van der Waals surface area contributed by atoms with Crippen LogP contribution < -0.4 is 5.32 Å². The van der Waals surface area contributed by atoms with Gasteiger partial charge in [0.2, 0.25) is 5.91 Å². The summed E-state index contributed by atoms with van der Waals surface area (Å²) in [5.74, 6) is -0.736. The highest BCUT2D eigenvalue weighted by atomic mass is 19.1. The van der Waals surface area contributed by atoms with Crippen LogP contribution in [-0.2, 0) is 4.79 Å². The number of nitrogens with zero attached hydrogens (tertiary/aromatic N) is 1. The summed E-state index contributed by atoms with van der Waals surface area (Å²) >= 11 is 0. The lowest BCUT2D eigenvalue weighted by Gasteiger charge is -2.39. The van der Waals surface area contributed by atoms with Gasteiger partial charge in [0.25, 0.3) is 0 Å². The minimum absolute atomic E-state index is 0.0156. The van der Waals surface area contributed by atoms with Crippen molar-refractivity contribution in [2.75, 3.05) is 6.54 Å². The number of hydrogen-bond donors (Lipinski definition) is 1. The molecule has 2 unspecified atom stereocenters. The Morgan fingerprint density at radius 3 is 2.70 bits per heavy atom. The summed E-state index contributed by atoms with van der Waals surface area (Å²) in [4.78, 5) is 13.8. The molecule has 1 saturated carbocycles. The quantitative estimate of drug-likeness (QED) is 0.923. The van der Waals surface area contributed by atoms with E-state index >= 15 is 0 Å². The molecular weight excluding hydrogens is 262 g/mol. The van der Waals surface area contributed by atoms with Crippen molar-refractivity contribution in [1.82, 2.24) is 10.2 Å². The van der Waals surface area contributed by atoms with Crippen LogP contribution >= 0.6 is 0 Å². The van der Waals surface area contributed by atoms with Crippen LogP contribution in [0.1, 0.15) is 37.9 Å². The standard InChI is InChI=1S/C15H18F2N2O/c1-9(10-3-2-4-10)19-14(20)8-18-15(19)12-6-5-11(16)7-13(12)17/h5-7,9-10,15,18H,2-4,8H2,1H3. The van der Waals surface area contributed by atoms with E-state index in [1.807, 2.05) is 6.92 Å². The molecule has 0 spiro atoms. The van der Waals surface area contributed by atoms with Gasteiger partial charge in [-0.2, -0.15) is 0 Å². The van der Waals surface area contributed by atoms with Gasteiger partial charge in [-0.3, -0.25) is 10.1 Å². The number of hydrogen-bond acceptors (Lipinski definition) is 2. The lowest BCUT2D eigenvalue weighted by Crippen LogP contribution is -2.44. The number of amides is 1. The highest BCUT2D eigenvalue weighted by molar-refractivity contribution is 5.81. The average molecular weight is 280 g/mol. The Morgan fingerprint density at radius 1 is 1.35 bits per heavy atom. The molecule has 20 heavy (non-hydrogen) atoms. The fraction of sp³-hybridized carbons (Fsp3) is 0.533. The first kappa shape index (κ1) is 13.5. The molecule has 0 aromatic heterocycles. The molecule has 3 nitrogen and oxygen atoms in total. The molecule has 0 radical (unpaired) electrons. The fourth-order valence-electron chi connectivity index (χ4n) is 3.11. The summed E-state index contributed by atoms with van der Waals surface area (Å²) in [6.45, 7) is 2.22. The van der Waals surface area contributed by atoms with Gasteiger partial charge in [-0.25, -0.2) is 8.78 Å². The van der Waals surface area contributed by atoms with Gasteiger partial charge in [0.05, 0.1) is 6.54 Å².